The molecule has 0 saturated heterocycles. The van der Waals surface area contributed by atoms with Crippen LogP contribution in [0.25, 0.3) is 0 Å². The Morgan fingerprint density at radius 3 is 2.25 bits per heavy atom. The summed E-state index contributed by atoms with van der Waals surface area (Å²) < 4.78 is 9.26. The Morgan fingerprint density at radius 1 is 1.62 bits per heavy atom. The average molecular weight is 736 g/mol. The van der Waals surface area contributed by atoms with Gasteiger partial charge >= 0.3 is 53.0 Å². The fourth-order valence-corrected chi connectivity index (χ4v) is 0.335. The second-order valence-electron chi connectivity index (χ2n) is 0.727. The topological polar surface area (TPSA) is 18.5 Å². The van der Waals surface area contributed by atoms with Gasteiger partial charge in [0.15, 0.2) is 0 Å². The Kier molecular flexibility index (Phi) is 30.9. The molecule has 2 nitrogen and oxygen atoms in total. The van der Waals surface area contributed by atoms with Crippen LogP contribution in [-0.2, 0) is 28.0 Å². The summed E-state index contributed by atoms with van der Waals surface area (Å²) >= 11 is 0.933. The van der Waals surface area contributed by atoms with Gasteiger partial charge < -0.3 is 0 Å². The monoisotopic (exact) mass is 737 g/mol. The van der Waals surface area contributed by atoms with Crippen LogP contribution in [0.15, 0.2) is 0 Å². The summed E-state index contributed by atoms with van der Waals surface area (Å²) in [5, 5.41) is 0. The number of hydrogen-bond acceptors (Lipinski definition) is 2. The molecule has 0 aliphatic heterocycles. The van der Waals surface area contributed by atoms with Gasteiger partial charge in [0.1, 0.15) is 0 Å². The van der Waals surface area contributed by atoms with Gasteiger partial charge in [0.25, 0.3) is 0 Å². The second kappa shape index (κ2) is 15.7. The Hall–Kier alpha value is 0.465. The zero-order chi connectivity index (χ0) is 4.83. The molecule has 0 unspecified atom stereocenters. The van der Waals surface area contributed by atoms with Crippen molar-refractivity contribution >= 4 is 25.2 Å². The predicted octanol–water partition coefficient (Wildman–Crippen LogP) is -0.108. The molecule has 5 heteroatoms. The van der Waals surface area contributed by atoms with Crippen LogP contribution in [0.4, 0.5) is 0 Å². The van der Waals surface area contributed by atoms with Crippen LogP contribution in [0.5, 0.6) is 0 Å². The van der Waals surface area contributed by atoms with E-state index in [4.69, 9.17) is 0 Å². The molecule has 0 heterocycles. The van der Waals surface area contributed by atoms with Gasteiger partial charge in [0.05, 0.1) is 0 Å². The summed E-state index contributed by atoms with van der Waals surface area (Å²) in [6.07, 6.45) is 0. The Bertz CT molecular complexity index is 29.2. The van der Waals surface area contributed by atoms with Gasteiger partial charge in [0.2, 0.25) is 0 Å². The van der Waals surface area contributed by atoms with Crippen molar-refractivity contribution in [3.63, 3.8) is 0 Å². The van der Waals surface area contributed by atoms with E-state index in [-0.39, 0.29) is 20.4 Å². The normalized spacial score (nSPS) is 6.75. The maximum atomic E-state index is 4.64. The third-order valence-corrected chi connectivity index (χ3v) is 0.889. The molecule has 0 aromatic heterocycles. The van der Waals surface area contributed by atoms with E-state index in [1.807, 2.05) is 0 Å². The van der Waals surface area contributed by atoms with E-state index in [2.05, 4.69) is 7.55 Å². The van der Waals surface area contributed by atoms with Crippen LogP contribution in [-0.4, -0.2) is 38.9 Å². The first kappa shape index (κ1) is 15.8. The molecular weight excluding hydrogens is 730 g/mol. The number of ether oxygens (including phenoxy) is 1. The zero-order valence-electron chi connectivity index (χ0n) is 4.63. The largest absolute Gasteiger partial charge is 0 e. The molecule has 8 heavy (non-hydrogen) atoms. The quantitative estimate of drug-likeness (QED) is 0.229. The van der Waals surface area contributed by atoms with Crippen molar-refractivity contribution in [2.24, 2.45) is 0 Å². The summed E-state index contributed by atoms with van der Waals surface area (Å²) in [5.74, 6) is 0. The maximum Gasteiger partial charge on any atom is 0 e. The van der Waals surface area contributed by atoms with E-state index in [0.717, 1.165) is 25.2 Å². The molecule has 0 spiro atoms. The van der Waals surface area contributed by atoms with E-state index in [0.29, 0.717) is 6.61 Å². The van der Waals surface area contributed by atoms with Crippen LogP contribution in [0.3, 0.4) is 0 Å². The number of hydrogen-bond donors (Lipinski definition) is 0. The Balaban J connectivity index is -0.000000125. The van der Waals surface area contributed by atoms with Crippen molar-refractivity contribution in [1.29, 1.82) is 0 Å². The minimum Gasteiger partial charge on any atom is 0 e. The molecular formula is C3H6BiO2ReRf-. The number of methoxy groups -OCH3 is 1. The molecule has 0 fully saturated rings. The summed E-state index contributed by atoms with van der Waals surface area (Å²) in [7, 11) is 1.63. The van der Waals surface area contributed by atoms with Crippen LogP contribution >= 0.6 is 0 Å². The first-order chi connectivity index (χ1) is 2.91. The summed E-state index contributed by atoms with van der Waals surface area (Å²) in [4.78, 5) is 0. The Morgan fingerprint density at radius 2 is 2.12 bits per heavy atom. The van der Waals surface area contributed by atoms with E-state index < -0.39 is 0 Å². The molecule has 0 rings (SSSR count). The standard InChI is InChI=1S/C3H6O2.Bi.Re.Rf/c1-5-3-2-4;;;/h2H,3H2,1H3;;;/q-2;+1;;. The number of rotatable bonds is 3. The zero-order valence-corrected chi connectivity index (χ0v) is 17.2. The van der Waals surface area contributed by atoms with Crippen LogP contribution in [0.2, 0.25) is 0 Å². The molecule has 0 amide bonds. The predicted molar refractivity (Wildman–Crippen MR) is 23.0 cm³/mol. The van der Waals surface area contributed by atoms with Crippen molar-refractivity contribution in [2.45, 2.75) is 0 Å². The SMILES string of the molecule is COC[CH-][O][Bi].[Re].[Rf]. The average Bonchev–Trinajstić information content (AvgIpc) is 1.61. The summed E-state index contributed by atoms with van der Waals surface area (Å²) in [5.41, 5.74) is 0. The van der Waals surface area contributed by atoms with Gasteiger partial charge in [-0.3, -0.25) is 0 Å². The van der Waals surface area contributed by atoms with Gasteiger partial charge in [-0.25, -0.2) is 0 Å². The fraction of sp³-hybridized carbons (Fsp3) is 0.667. The molecule has 45 valence electrons. The third kappa shape index (κ3) is 16.1. The smallest absolute Gasteiger partial charge is 0 e. The van der Waals surface area contributed by atoms with Crippen LogP contribution < -0.4 is 0 Å². The van der Waals surface area contributed by atoms with Gasteiger partial charge in [-0.1, -0.05) is 0 Å². The van der Waals surface area contributed by atoms with Gasteiger partial charge in [-0.05, 0) is 0 Å². The van der Waals surface area contributed by atoms with Crippen molar-refractivity contribution in [2.75, 3.05) is 13.7 Å². The van der Waals surface area contributed by atoms with E-state index >= 15 is 0 Å². The van der Waals surface area contributed by atoms with Crippen molar-refractivity contribution in [3.05, 3.63) is 6.61 Å². The minimum atomic E-state index is 0. The van der Waals surface area contributed by atoms with Crippen molar-refractivity contribution in [3.8, 4) is 0 Å². The minimum absolute atomic E-state index is 0. The van der Waals surface area contributed by atoms with Crippen LogP contribution in [0.1, 0.15) is 0 Å². The summed E-state index contributed by atoms with van der Waals surface area (Å²) in [6.45, 7) is 2.23. The van der Waals surface area contributed by atoms with E-state index in [1.165, 1.54) is 0 Å². The molecule has 0 bridgehead atoms. The molecule has 0 atom stereocenters. The molecule has 0 saturated carbocycles. The fourth-order valence-electron chi connectivity index (χ4n) is 0.0985. The van der Waals surface area contributed by atoms with Gasteiger partial charge in [-0.15, -0.1) is 0 Å². The van der Waals surface area contributed by atoms with E-state index in [9.17, 15) is 0 Å². The maximum absolute atomic E-state index is 4.64. The third-order valence-electron chi connectivity index (χ3n) is 0.309. The van der Waals surface area contributed by atoms with E-state index in [1.54, 1.807) is 13.7 Å². The molecule has 0 aliphatic carbocycles. The molecule has 0 N–H and O–H groups in total. The molecule has 0 aromatic carbocycles. The van der Waals surface area contributed by atoms with Crippen molar-refractivity contribution in [1.82, 2.24) is 0 Å². The molecule has 0 aliphatic rings. The van der Waals surface area contributed by atoms with Crippen LogP contribution in [0, 0.1) is 6.61 Å². The van der Waals surface area contributed by atoms with Crippen molar-refractivity contribution < 1.29 is 28.0 Å². The molecule has 3 radical (unpaired) electrons. The first-order valence-electron chi connectivity index (χ1n) is 1.52. The van der Waals surface area contributed by atoms with Gasteiger partial charge in [-0.2, -0.15) is 0 Å². The molecule has 0 aromatic rings. The summed E-state index contributed by atoms with van der Waals surface area (Å²) in [6, 6.07) is 0. The van der Waals surface area contributed by atoms with Gasteiger partial charge in [0, 0.05) is 20.4 Å². The Labute approximate surface area is 73.1 Å². The second-order valence-corrected chi connectivity index (χ2v) is 1.55. The first-order valence-corrected chi connectivity index (χ1v) is 2.94.